The second-order valence-electron chi connectivity index (χ2n) is 2.71. The largest absolute Gasteiger partial charge is 0.493 e. The molecule has 1 rings (SSSR count). The summed E-state index contributed by atoms with van der Waals surface area (Å²) in [5, 5.41) is 0. The number of ether oxygens (including phenoxy) is 2. The highest BCUT2D eigenvalue weighted by Crippen LogP contribution is 2.25. The maximum Gasteiger partial charge on any atom is 0.161 e. The molecule has 2 nitrogen and oxygen atoms in total. The van der Waals surface area contributed by atoms with Gasteiger partial charge in [-0.3, -0.25) is 0 Å². The predicted molar refractivity (Wildman–Crippen MR) is 53.1 cm³/mol. The molecule has 0 aliphatic heterocycles. The van der Waals surface area contributed by atoms with Crippen LogP contribution >= 0.6 is 0 Å². The molecule has 0 bridgehead atoms. The Bertz CT molecular complexity index is 246. The number of methoxy groups -OCH3 is 1. The molecule has 0 saturated heterocycles. The first-order chi connectivity index (χ1) is 6.38. The van der Waals surface area contributed by atoms with Crippen molar-refractivity contribution in [3.63, 3.8) is 0 Å². The zero-order valence-electron chi connectivity index (χ0n) is 7.95. The zero-order valence-corrected chi connectivity index (χ0v) is 7.95. The van der Waals surface area contributed by atoms with E-state index in [2.05, 4.69) is 6.92 Å². The van der Waals surface area contributed by atoms with Gasteiger partial charge in [-0.05, 0) is 18.6 Å². The van der Waals surface area contributed by atoms with Gasteiger partial charge >= 0.3 is 0 Å². The first-order valence-corrected chi connectivity index (χ1v) is 4.43. The Morgan fingerprint density at radius 2 is 1.92 bits per heavy atom. The van der Waals surface area contributed by atoms with E-state index in [9.17, 15) is 0 Å². The molecule has 0 atom stereocenters. The minimum Gasteiger partial charge on any atom is -0.493 e. The van der Waals surface area contributed by atoms with Gasteiger partial charge in [0.25, 0.3) is 0 Å². The standard InChI is InChI=1S/C11H15O2/c1-3-4-9-13-11-8-6-5-7-10(11)12-2/h5-8H,1,3-4,9H2,2H3. The molecule has 0 aromatic heterocycles. The fraction of sp³-hybridized carbons (Fsp3) is 0.364. The van der Waals surface area contributed by atoms with Crippen LogP contribution < -0.4 is 9.47 Å². The van der Waals surface area contributed by atoms with E-state index in [-0.39, 0.29) is 0 Å². The van der Waals surface area contributed by atoms with Crippen molar-refractivity contribution in [1.82, 2.24) is 0 Å². The molecular formula is C11H15O2. The predicted octanol–water partition coefficient (Wildman–Crippen LogP) is 2.69. The summed E-state index contributed by atoms with van der Waals surface area (Å²) in [7, 11) is 1.64. The van der Waals surface area contributed by atoms with Crippen molar-refractivity contribution >= 4 is 0 Å². The van der Waals surface area contributed by atoms with Crippen LogP contribution in [0.2, 0.25) is 0 Å². The van der Waals surface area contributed by atoms with Crippen LogP contribution in [-0.2, 0) is 0 Å². The fourth-order valence-electron chi connectivity index (χ4n) is 1.02. The van der Waals surface area contributed by atoms with Crippen molar-refractivity contribution in [3.05, 3.63) is 31.2 Å². The lowest BCUT2D eigenvalue weighted by Gasteiger charge is -2.09. The number of unbranched alkanes of at least 4 members (excludes halogenated alkanes) is 1. The number of rotatable bonds is 5. The summed E-state index contributed by atoms with van der Waals surface area (Å²) in [6.45, 7) is 4.45. The molecule has 0 amide bonds. The molecule has 71 valence electrons. The van der Waals surface area contributed by atoms with Gasteiger partial charge in [-0.15, -0.1) is 0 Å². The highest BCUT2D eigenvalue weighted by atomic mass is 16.5. The van der Waals surface area contributed by atoms with Crippen LogP contribution in [0.1, 0.15) is 12.8 Å². The van der Waals surface area contributed by atoms with Crippen molar-refractivity contribution in [2.45, 2.75) is 12.8 Å². The Morgan fingerprint density at radius 3 is 2.54 bits per heavy atom. The Morgan fingerprint density at radius 1 is 1.23 bits per heavy atom. The monoisotopic (exact) mass is 179 g/mol. The molecule has 0 aliphatic carbocycles. The van der Waals surface area contributed by atoms with Gasteiger partial charge in [-0.25, -0.2) is 0 Å². The maximum absolute atomic E-state index is 5.50. The molecular weight excluding hydrogens is 164 g/mol. The summed E-state index contributed by atoms with van der Waals surface area (Å²) in [5.74, 6) is 1.59. The molecule has 0 fully saturated rings. The van der Waals surface area contributed by atoms with Crippen LogP contribution in [0.3, 0.4) is 0 Å². The van der Waals surface area contributed by atoms with E-state index >= 15 is 0 Å². The first kappa shape index (κ1) is 9.90. The SMILES string of the molecule is [CH2]CCCOc1ccccc1OC. The van der Waals surface area contributed by atoms with E-state index in [1.54, 1.807) is 7.11 Å². The summed E-state index contributed by atoms with van der Waals surface area (Å²) in [6.07, 6.45) is 1.87. The van der Waals surface area contributed by atoms with E-state index in [1.165, 1.54) is 0 Å². The number of hydrogen-bond donors (Lipinski definition) is 0. The van der Waals surface area contributed by atoms with Crippen LogP contribution in [0, 0.1) is 6.92 Å². The minimum atomic E-state index is 0.698. The molecule has 0 aliphatic rings. The summed E-state index contributed by atoms with van der Waals surface area (Å²) in [4.78, 5) is 0. The van der Waals surface area contributed by atoms with E-state index < -0.39 is 0 Å². The summed E-state index contributed by atoms with van der Waals surface area (Å²) in [5.41, 5.74) is 0. The smallest absolute Gasteiger partial charge is 0.161 e. The van der Waals surface area contributed by atoms with E-state index in [1.807, 2.05) is 24.3 Å². The van der Waals surface area contributed by atoms with E-state index in [4.69, 9.17) is 9.47 Å². The maximum atomic E-state index is 5.50. The minimum absolute atomic E-state index is 0.698. The van der Waals surface area contributed by atoms with Crippen LogP contribution in [0.5, 0.6) is 11.5 Å². The highest BCUT2D eigenvalue weighted by Gasteiger charge is 2.00. The third-order valence-corrected chi connectivity index (χ3v) is 1.72. The van der Waals surface area contributed by atoms with Gasteiger partial charge in [0.05, 0.1) is 13.7 Å². The van der Waals surface area contributed by atoms with E-state index in [0.29, 0.717) is 6.61 Å². The number of hydrogen-bond acceptors (Lipinski definition) is 2. The lowest BCUT2D eigenvalue weighted by molar-refractivity contribution is 0.290. The Hall–Kier alpha value is -1.18. The lowest BCUT2D eigenvalue weighted by Crippen LogP contribution is -1.98. The molecule has 1 aromatic rings. The molecule has 0 saturated carbocycles. The third kappa shape index (κ3) is 2.98. The molecule has 2 heteroatoms. The van der Waals surface area contributed by atoms with Crippen molar-refractivity contribution in [2.75, 3.05) is 13.7 Å². The summed E-state index contributed by atoms with van der Waals surface area (Å²) >= 11 is 0. The van der Waals surface area contributed by atoms with Crippen molar-refractivity contribution in [3.8, 4) is 11.5 Å². The quantitative estimate of drug-likeness (QED) is 0.647. The number of para-hydroxylation sites is 2. The second kappa shape index (κ2) is 5.46. The third-order valence-electron chi connectivity index (χ3n) is 1.72. The summed E-state index contributed by atoms with van der Waals surface area (Å²) < 4.78 is 10.6. The summed E-state index contributed by atoms with van der Waals surface area (Å²) in [6, 6.07) is 7.65. The topological polar surface area (TPSA) is 18.5 Å². The molecule has 0 spiro atoms. The molecule has 0 unspecified atom stereocenters. The van der Waals surface area contributed by atoms with Crippen LogP contribution in [0.4, 0.5) is 0 Å². The molecule has 1 radical (unpaired) electrons. The Balaban J connectivity index is 2.54. The Kier molecular flexibility index (Phi) is 4.16. The van der Waals surface area contributed by atoms with Gasteiger partial charge in [0.15, 0.2) is 11.5 Å². The fourth-order valence-corrected chi connectivity index (χ4v) is 1.02. The first-order valence-electron chi connectivity index (χ1n) is 4.43. The average molecular weight is 179 g/mol. The van der Waals surface area contributed by atoms with Crippen LogP contribution in [-0.4, -0.2) is 13.7 Å². The zero-order chi connectivity index (χ0) is 9.52. The van der Waals surface area contributed by atoms with Gasteiger partial charge in [0.1, 0.15) is 0 Å². The molecule has 0 heterocycles. The van der Waals surface area contributed by atoms with Crippen molar-refractivity contribution < 1.29 is 9.47 Å². The highest BCUT2D eigenvalue weighted by molar-refractivity contribution is 5.39. The van der Waals surface area contributed by atoms with E-state index in [0.717, 1.165) is 24.3 Å². The van der Waals surface area contributed by atoms with Gasteiger partial charge in [-0.1, -0.05) is 25.5 Å². The Labute approximate surface area is 79.5 Å². The van der Waals surface area contributed by atoms with Gasteiger partial charge in [-0.2, -0.15) is 0 Å². The molecule has 1 aromatic carbocycles. The molecule has 0 N–H and O–H groups in total. The average Bonchev–Trinajstić information content (AvgIpc) is 2.19. The van der Waals surface area contributed by atoms with Gasteiger partial charge < -0.3 is 9.47 Å². The number of benzene rings is 1. The normalized spacial score (nSPS) is 9.69. The van der Waals surface area contributed by atoms with Crippen molar-refractivity contribution in [1.29, 1.82) is 0 Å². The lowest BCUT2D eigenvalue weighted by atomic mass is 10.3. The second-order valence-corrected chi connectivity index (χ2v) is 2.71. The van der Waals surface area contributed by atoms with Gasteiger partial charge in [0, 0.05) is 0 Å². The van der Waals surface area contributed by atoms with Crippen LogP contribution in [0.15, 0.2) is 24.3 Å². The van der Waals surface area contributed by atoms with Crippen LogP contribution in [0.25, 0.3) is 0 Å². The van der Waals surface area contributed by atoms with Crippen molar-refractivity contribution in [2.24, 2.45) is 0 Å². The molecule has 13 heavy (non-hydrogen) atoms. The van der Waals surface area contributed by atoms with Gasteiger partial charge in [0.2, 0.25) is 0 Å².